The van der Waals surface area contributed by atoms with Crippen LogP contribution in [0.3, 0.4) is 0 Å². The SMILES string of the molecule is O=C(NCc1cccc(C(F)(F)F)c1)c1csc(CSc2nnc(-c3cccnc3)n2-c2ccccc2F)n1. The number of aromatic nitrogens is 5. The summed E-state index contributed by atoms with van der Waals surface area (Å²) in [5.41, 5.74) is 0.624. The molecule has 3 heterocycles. The molecule has 5 rings (SSSR count). The van der Waals surface area contributed by atoms with E-state index in [9.17, 15) is 22.4 Å². The van der Waals surface area contributed by atoms with Crippen LogP contribution in [0.4, 0.5) is 17.6 Å². The van der Waals surface area contributed by atoms with Gasteiger partial charge in [-0.3, -0.25) is 14.3 Å². The normalized spacial score (nSPS) is 11.5. The molecule has 198 valence electrons. The number of carbonyl (C=O) groups is 1. The van der Waals surface area contributed by atoms with Crippen LogP contribution in [0, 0.1) is 5.82 Å². The molecule has 13 heteroatoms. The van der Waals surface area contributed by atoms with Gasteiger partial charge in [-0.1, -0.05) is 36.0 Å². The fourth-order valence-electron chi connectivity index (χ4n) is 3.63. The van der Waals surface area contributed by atoms with Crippen molar-refractivity contribution < 1.29 is 22.4 Å². The van der Waals surface area contributed by atoms with Crippen LogP contribution in [0.25, 0.3) is 17.1 Å². The number of nitrogens with one attached hydrogen (secondary N) is 1. The lowest BCUT2D eigenvalue weighted by molar-refractivity contribution is -0.137. The van der Waals surface area contributed by atoms with E-state index in [1.165, 1.54) is 41.3 Å². The Hall–Kier alpha value is -4.10. The van der Waals surface area contributed by atoms with Gasteiger partial charge >= 0.3 is 6.18 Å². The smallest absolute Gasteiger partial charge is 0.347 e. The molecule has 0 radical (unpaired) electrons. The largest absolute Gasteiger partial charge is 0.416 e. The molecule has 0 saturated heterocycles. The molecule has 0 aliphatic carbocycles. The van der Waals surface area contributed by atoms with E-state index in [4.69, 9.17) is 0 Å². The quantitative estimate of drug-likeness (QED) is 0.178. The van der Waals surface area contributed by atoms with Crippen molar-refractivity contribution in [1.29, 1.82) is 0 Å². The molecular formula is C26H18F4N6OS2. The van der Waals surface area contributed by atoms with E-state index < -0.39 is 23.5 Å². The lowest BCUT2D eigenvalue weighted by atomic mass is 10.1. The number of hydrogen-bond acceptors (Lipinski definition) is 7. The van der Waals surface area contributed by atoms with Crippen LogP contribution in [0.1, 0.15) is 26.6 Å². The summed E-state index contributed by atoms with van der Waals surface area (Å²) in [6, 6.07) is 14.6. The van der Waals surface area contributed by atoms with Crippen LogP contribution in [-0.2, 0) is 18.5 Å². The summed E-state index contributed by atoms with van der Waals surface area (Å²) in [5.74, 6) is -0.207. The minimum absolute atomic E-state index is 0.0762. The minimum Gasteiger partial charge on any atom is -0.347 e. The molecule has 0 spiro atoms. The summed E-state index contributed by atoms with van der Waals surface area (Å²) in [7, 11) is 0. The van der Waals surface area contributed by atoms with E-state index in [0.29, 0.717) is 32.9 Å². The predicted octanol–water partition coefficient (Wildman–Crippen LogP) is 6.17. The van der Waals surface area contributed by atoms with E-state index >= 15 is 0 Å². The Bertz CT molecular complexity index is 1600. The summed E-state index contributed by atoms with van der Waals surface area (Å²) in [4.78, 5) is 21.0. The first-order valence-electron chi connectivity index (χ1n) is 11.4. The highest BCUT2D eigenvalue weighted by molar-refractivity contribution is 7.98. The third kappa shape index (κ3) is 6.15. The zero-order valence-electron chi connectivity index (χ0n) is 19.9. The molecule has 5 aromatic rings. The third-order valence-corrected chi connectivity index (χ3v) is 7.43. The highest BCUT2D eigenvalue weighted by Gasteiger charge is 2.30. The van der Waals surface area contributed by atoms with Gasteiger partial charge in [-0.2, -0.15) is 13.2 Å². The lowest BCUT2D eigenvalue weighted by Crippen LogP contribution is -2.23. The minimum atomic E-state index is -4.46. The fraction of sp³-hybridized carbons (Fsp3) is 0.115. The monoisotopic (exact) mass is 570 g/mol. The van der Waals surface area contributed by atoms with Gasteiger partial charge in [0.1, 0.15) is 16.5 Å². The molecule has 0 aliphatic heterocycles. The number of thioether (sulfide) groups is 1. The molecule has 2 aromatic carbocycles. The first-order valence-corrected chi connectivity index (χ1v) is 13.3. The Kier molecular flexibility index (Phi) is 7.70. The van der Waals surface area contributed by atoms with Gasteiger partial charge in [0, 0.05) is 29.9 Å². The van der Waals surface area contributed by atoms with Crippen molar-refractivity contribution in [2.75, 3.05) is 0 Å². The third-order valence-electron chi connectivity index (χ3n) is 5.46. The first-order chi connectivity index (χ1) is 18.8. The van der Waals surface area contributed by atoms with Crippen molar-refractivity contribution in [2.45, 2.75) is 23.6 Å². The molecule has 7 nitrogen and oxygen atoms in total. The van der Waals surface area contributed by atoms with Gasteiger partial charge in [-0.25, -0.2) is 9.37 Å². The van der Waals surface area contributed by atoms with Crippen LogP contribution in [0.15, 0.2) is 83.6 Å². The number of hydrogen-bond donors (Lipinski definition) is 1. The molecule has 0 atom stereocenters. The van der Waals surface area contributed by atoms with Crippen LogP contribution in [-0.4, -0.2) is 30.6 Å². The number of carbonyl (C=O) groups excluding carboxylic acids is 1. The Morgan fingerprint density at radius 1 is 1.05 bits per heavy atom. The number of halogens is 4. The summed E-state index contributed by atoms with van der Waals surface area (Å²) in [6.07, 6.45) is -1.23. The Morgan fingerprint density at radius 2 is 1.90 bits per heavy atom. The molecule has 0 unspecified atom stereocenters. The fourth-order valence-corrected chi connectivity index (χ4v) is 5.37. The van der Waals surface area contributed by atoms with Gasteiger partial charge in [0.25, 0.3) is 5.91 Å². The number of amides is 1. The van der Waals surface area contributed by atoms with Crippen molar-refractivity contribution in [2.24, 2.45) is 0 Å². The van der Waals surface area contributed by atoms with Gasteiger partial charge in [0.15, 0.2) is 11.0 Å². The lowest BCUT2D eigenvalue weighted by Gasteiger charge is -2.10. The van der Waals surface area contributed by atoms with Crippen LogP contribution < -0.4 is 5.32 Å². The zero-order valence-corrected chi connectivity index (χ0v) is 21.5. The maximum Gasteiger partial charge on any atom is 0.416 e. The second kappa shape index (κ2) is 11.3. The van der Waals surface area contributed by atoms with Gasteiger partial charge in [-0.05, 0) is 42.0 Å². The topological polar surface area (TPSA) is 85.6 Å². The second-order valence-corrected chi connectivity index (χ2v) is 10.0. The molecule has 0 bridgehead atoms. The van der Waals surface area contributed by atoms with E-state index in [1.807, 2.05) is 0 Å². The number of thiazole rings is 1. The van der Waals surface area contributed by atoms with Crippen LogP contribution in [0.2, 0.25) is 0 Å². The zero-order chi connectivity index (χ0) is 27.4. The summed E-state index contributed by atoms with van der Waals surface area (Å²) < 4.78 is 55.1. The summed E-state index contributed by atoms with van der Waals surface area (Å²) >= 11 is 2.52. The van der Waals surface area contributed by atoms with Gasteiger partial charge < -0.3 is 5.32 Å². The maximum absolute atomic E-state index is 14.7. The molecular weight excluding hydrogens is 552 g/mol. The maximum atomic E-state index is 14.7. The Balaban J connectivity index is 1.29. The van der Waals surface area contributed by atoms with E-state index in [1.54, 1.807) is 52.7 Å². The van der Waals surface area contributed by atoms with Crippen molar-refractivity contribution in [3.8, 4) is 17.1 Å². The van der Waals surface area contributed by atoms with Crippen molar-refractivity contribution in [1.82, 2.24) is 30.0 Å². The number of alkyl halides is 3. The van der Waals surface area contributed by atoms with Crippen molar-refractivity contribution >= 4 is 29.0 Å². The number of para-hydroxylation sites is 1. The summed E-state index contributed by atoms with van der Waals surface area (Å²) in [5, 5.41) is 13.7. The molecule has 1 N–H and O–H groups in total. The highest BCUT2D eigenvalue weighted by Crippen LogP contribution is 2.31. The average molecular weight is 571 g/mol. The van der Waals surface area contributed by atoms with E-state index in [-0.39, 0.29) is 17.9 Å². The number of benzene rings is 2. The molecule has 39 heavy (non-hydrogen) atoms. The van der Waals surface area contributed by atoms with Crippen LogP contribution >= 0.6 is 23.1 Å². The molecule has 0 fully saturated rings. The Morgan fingerprint density at radius 3 is 2.67 bits per heavy atom. The molecule has 3 aromatic heterocycles. The standard InChI is InChI=1S/C26H18F4N6OS2/c27-19-8-1-2-9-21(19)36-23(17-6-4-10-31-13-17)34-35-25(36)39-15-22-33-20(14-38-22)24(37)32-12-16-5-3-7-18(11-16)26(28,29)30/h1-11,13-14H,12,15H2,(H,32,37). The van der Waals surface area contributed by atoms with Crippen molar-refractivity contribution in [3.05, 3.63) is 106 Å². The average Bonchev–Trinajstić information content (AvgIpc) is 3.58. The second-order valence-electron chi connectivity index (χ2n) is 8.13. The van der Waals surface area contributed by atoms with Crippen LogP contribution in [0.5, 0.6) is 0 Å². The number of rotatable bonds is 8. The number of nitrogens with zero attached hydrogens (tertiary/aromatic N) is 5. The van der Waals surface area contributed by atoms with Gasteiger partial charge in [0.2, 0.25) is 0 Å². The summed E-state index contributed by atoms with van der Waals surface area (Å²) in [6.45, 7) is -0.0762. The predicted molar refractivity (Wildman–Crippen MR) is 139 cm³/mol. The highest BCUT2D eigenvalue weighted by atomic mass is 32.2. The van der Waals surface area contributed by atoms with Crippen molar-refractivity contribution in [3.63, 3.8) is 0 Å². The van der Waals surface area contributed by atoms with Gasteiger partial charge in [0.05, 0.1) is 17.0 Å². The van der Waals surface area contributed by atoms with Gasteiger partial charge in [-0.15, -0.1) is 21.5 Å². The molecule has 0 aliphatic rings. The molecule has 1 amide bonds. The number of pyridine rings is 1. The first kappa shape index (κ1) is 26.5. The van der Waals surface area contributed by atoms with E-state index in [0.717, 1.165) is 12.1 Å². The van der Waals surface area contributed by atoms with E-state index in [2.05, 4.69) is 25.5 Å². The molecule has 0 saturated carbocycles. The Labute approximate surface area is 228 Å².